The molecular weight excluding hydrogens is 484 g/mol. The van der Waals surface area contributed by atoms with Crippen LogP contribution in [-0.4, -0.2) is 81.8 Å². The lowest BCUT2D eigenvalue weighted by molar-refractivity contribution is -0.163. The predicted molar refractivity (Wildman–Crippen MR) is 146 cm³/mol. The fourth-order valence-electron chi connectivity index (χ4n) is 7.02. The van der Waals surface area contributed by atoms with Crippen LogP contribution in [0.25, 0.3) is 0 Å². The summed E-state index contributed by atoms with van der Waals surface area (Å²) in [7, 11) is 0. The smallest absolute Gasteiger partial charge is 0.312 e. The van der Waals surface area contributed by atoms with Gasteiger partial charge in [-0.15, -0.1) is 13.2 Å². The fraction of sp³-hybridized carbons (Fsp3) is 0.767. The summed E-state index contributed by atoms with van der Waals surface area (Å²) >= 11 is 0. The van der Waals surface area contributed by atoms with Crippen molar-refractivity contribution in [3.63, 3.8) is 0 Å². The number of carbonyl (C=O) groups excluding carboxylic acids is 3. The fourth-order valence-corrected chi connectivity index (χ4v) is 7.02. The van der Waals surface area contributed by atoms with Crippen molar-refractivity contribution in [1.82, 2.24) is 9.80 Å². The van der Waals surface area contributed by atoms with Crippen LogP contribution in [0.1, 0.15) is 79.6 Å². The average Bonchev–Trinajstić information content (AvgIpc) is 3.46. The lowest BCUT2D eigenvalue weighted by Gasteiger charge is -2.42. The standard InChI is InChI=1S/C30H48N2O6/c1-8-12-13-18-37-28(36)24-23-26(34)32(22(19-33)20(5)11-4)25(30(23)16-15-29(24,7)38-30)27(35)31(17-10-3)21(6)14-9-2/h8,10,20-25,33H,1,3,9,11-19H2,2,4-7H3/t20-,21?,22-,23-,24-,25?,29+,30?/m0/s1. The first-order valence-electron chi connectivity index (χ1n) is 14.4. The zero-order valence-corrected chi connectivity index (χ0v) is 24.0. The SMILES string of the molecule is C=CCCCOC(=O)[C@@H]1[C@H]2C(=O)N([C@@H](CO)[C@@H](C)CC)C(C(=O)N(CC=C)C(C)CCC)C23CC[C@@]1(C)O3. The Morgan fingerprint density at radius 1 is 1.26 bits per heavy atom. The van der Waals surface area contributed by atoms with Crippen LogP contribution >= 0.6 is 0 Å². The second kappa shape index (κ2) is 12.3. The highest BCUT2D eigenvalue weighted by molar-refractivity contribution is 5.98. The highest BCUT2D eigenvalue weighted by atomic mass is 16.6. The molecule has 8 atom stereocenters. The molecule has 3 rings (SSSR count). The summed E-state index contributed by atoms with van der Waals surface area (Å²) in [6, 6.07) is -1.55. The molecule has 0 aromatic rings. The Labute approximate surface area is 228 Å². The first-order valence-corrected chi connectivity index (χ1v) is 14.4. The maximum atomic E-state index is 14.5. The average molecular weight is 533 g/mol. The van der Waals surface area contributed by atoms with Crippen LogP contribution < -0.4 is 0 Å². The van der Waals surface area contributed by atoms with Gasteiger partial charge in [0.05, 0.1) is 30.8 Å². The van der Waals surface area contributed by atoms with Crippen molar-refractivity contribution in [3.05, 3.63) is 25.3 Å². The molecule has 0 radical (unpaired) electrons. The van der Waals surface area contributed by atoms with Gasteiger partial charge in [0.15, 0.2) is 0 Å². The monoisotopic (exact) mass is 532 g/mol. The molecule has 2 amide bonds. The number of aliphatic hydroxyl groups excluding tert-OH is 1. The number of nitrogens with zero attached hydrogens (tertiary/aromatic N) is 2. The van der Waals surface area contributed by atoms with Crippen LogP contribution in [0.15, 0.2) is 25.3 Å². The Bertz CT molecular complexity index is 907. The summed E-state index contributed by atoms with van der Waals surface area (Å²) in [6.07, 6.45) is 8.36. The Kier molecular flexibility index (Phi) is 9.85. The molecule has 8 nitrogen and oxygen atoms in total. The van der Waals surface area contributed by atoms with E-state index in [1.165, 1.54) is 0 Å². The van der Waals surface area contributed by atoms with Crippen molar-refractivity contribution in [2.75, 3.05) is 19.8 Å². The number of fused-ring (bicyclic) bond motifs is 1. The van der Waals surface area contributed by atoms with Gasteiger partial charge in [0.1, 0.15) is 17.6 Å². The van der Waals surface area contributed by atoms with Gasteiger partial charge in [-0.3, -0.25) is 14.4 Å². The molecule has 1 spiro atoms. The molecule has 3 fully saturated rings. The van der Waals surface area contributed by atoms with Crippen molar-refractivity contribution in [3.8, 4) is 0 Å². The van der Waals surface area contributed by atoms with E-state index in [0.717, 1.165) is 25.7 Å². The van der Waals surface area contributed by atoms with Crippen molar-refractivity contribution >= 4 is 17.8 Å². The topological polar surface area (TPSA) is 96.4 Å². The molecule has 3 heterocycles. The number of aliphatic hydroxyl groups is 1. The first-order chi connectivity index (χ1) is 18.1. The third-order valence-corrected chi connectivity index (χ3v) is 9.19. The summed E-state index contributed by atoms with van der Waals surface area (Å²) in [5.41, 5.74) is -2.02. The predicted octanol–water partition coefficient (Wildman–Crippen LogP) is 3.87. The van der Waals surface area contributed by atoms with Crippen molar-refractivity contribution in [1.29, 1.82) is 0 Å². The molecule has 3 aliphatic heterocycles. The Balaban J connectivity index is 2.09. The molecule has 38 heavy (non-hydrogen) atoms. The zero-order valence-electron chi connectivity index (χ0n) is 24.0. The quantitative estimate of drug-likeness (QED) is 0.195. The molecule has 0 saturated carbocycles. The number of carbonyl (C=O) groups is 3. The van der Waals surface area contributed by atoms with Crippen LogP contribution in [0.3, 0.4) is 0 Å². The lowest BCUT2D eigenvalue weighted by atomic mass is 9.66. The summed E-state index contributed by atoms with van der Waals surface area (Å²) in [4.78, 5) is 45.7. The van der Waals surface area contributed by atoms with Crippen LogP contribution in [-0.2, 0) is 23.9 Å². The van der Waals surface area contributed by atoms with Crippen LogP contribution in [0.5, 0.6) is 0 Å². The van der Waals surface area contributed by atoms with E-state index in [4.69, 9.17) is 9.47 Å². The summed E-state index contributed by atoms with van der Waals surface area (Å²) < 4.78 is 12.4. The van der Waals surface area contributed by atoms with Gasteiger partial charge in [0.2, 0.25) is 11.8 Å². The van der Waals surface area contributed by atoms with E-state index in [9.17, 15) is 19.5 Å². The number of rotatable bonds is 15. The van der Waals surface area contributed by atoms with Crippen LogP contribution in [0.2, 0.25) is 0 Å². The number of amides is 2. The molecule has 3 unspecified atom stereocenters. The number of unbranched alkanes of at least 4 members (excludes halogenated alkanes) is 1. The Morgan fingerprint density at radius 3 is 2.55 bits per heavy atom. The number of ether oxygens (including phenoxy) is 2. The van der Waals surface area contributed by atoms with Gasteiger partial charge in [-0.2, -0.15) is 0 Å². The first kappa shape index (κ1) is 30.4. The minimum Gasteiger partial charge on any atom is -0.465 e. The molecule has 3 saturated heterocycles. The zero-order chi connectivity index (χ0) is 28.3. The van der Waals surface area contributed by atoms with Crippen LogP contribution in [0.4, 0.5) is 0 Å². The molecule has 0 aromatic carbocycles. The second-order valence-corrected chi connectivity index (χ2v) is 11.6. The molecule has 2 bridgehead atoms. The second-order valence-electron chi connectivity index (χ2n) is 11.6. The van der Waals surface area contributed by atoms with Crippen LogP contribution in [0, 0.1) is 17.8 Å². The lowest BCUT2D eigenvalue weighted by Crippen LogP contribution is -2.61. The van der Waals surface area contributed by atoms with Gasteiger partial charge >= 0.3 is 5.97 Å². The maximum absolute atomic E-state index is 14.5. The minimum atomic E-state index is -1.14. The maximum Gasteiger partial charge on any atom is 0.312 e. The van der Waals surface area contributed by atoms with E-state index in [2.05, 4.69) is 20.1 Å². The van der Waals surface area contributed by atoms with E-state index in [-0.39, 0.29) is 37.0 Å². The molecular formula is C30H48N2O6. The van der Waals surface area contributed by atoms with E-state index in [0.29, 0.717) is 25.8 Å². The van der Waals surface area contributed by atoms with E-state index < -0.39 is 41.1 Å². The van der Waals surface area contributed by atoms with E-state index in [1.807, 2.05) is 27.7 Å². The van der Waals surface area contributed by atoms with Gasteiger partial charge in [-0.25, -0.2) is 0 Å². The minimum absolute atomic E-state index is 0.0486. The summed E-state index contributed by atoms with van der Waals surface area (Å²) in [5, 5.41) is 10.5. The molecule has 0 aliphatic carbocycles. The summed E-state index contributed by atoms with van der Waals surface area (Å²) in [6.45, 7) is 17.8. The third kappa shape index (κ3) is 5.06. The highest BCUT2D eigenvalue weighted by Crippen LogP contribution is 2.64. The van der Waals surface area contributed by atoms with Gasteiger partial charge in [-0.1, -0.05) is 45.8 Å². The normalized spacial score (nSPS) is 32.0. The number of allylic oxidation sites excluding steroid dienone is 1. The molecule has 1 N–H and O–H groups in total. The molecule has 214 valence electrons. The van der Waals surface area contributed by atoms with Gasteiger partial charge in [-0.05, 0) is 51.9 Å². The van der Waals surface area contributed by atoms with Gasteiger partial charge in [0, 0.05) is 12.6 Å². The highest BCUT2D eigenvalue weighted by Gasteiger charge is 2.79. The Hall–Kier alpha value is -2.19. The van der Waals surface area contributed by atoms with E-state index in [1.54, 1.807) is 22.0 Å². The molecule has 3 aliphatic rings. The summed E-state index contributed by atoms with van der Waals surface area (Å²) in [5.74, 6) is -2.62. The largest absolute Gasteiger partial charge is 0.465 e. The number of esters is 1. The van der Waals surface area contributed by atoms with Crippen molar-refractivity contribution in [2.24, 2.45) is 17.8 Å². The number of hydrogen-bond donors (Lipinski definition) is 1. The molecule has 8 heteroatoms. The van der Waals surface area contributed by atoms with Gasteiger partial charge < -0.3 is 24.4 Å². The Morgan fingerprint density at radius 2 is 1.97 bits per heavy atom. The van der Waals surface area contributed by atoms with Gasteiger partial charge in [0.25, 0.3) is 0 Å². The van der Waals surface area contributed by atoms with E-state index >= 15 is 0 Å². The number of likely N-dealkylation sites (tertiary alicyclic amines) is 1. The van der Waals surface area contributed by atoms with Crippen molar-refractivity contribution in [2.45, 2.75) is 109 Å². The number of hydrogen-bond acceptors (Lipinski definition) is 6. The van der Waals surface area contributed by atoms with Crippen molar-refractivity contribution < 1.29 is 29.0 Å². The third-order valence-electron chi connectivity index (χ3n) is 9.19. The molecule has 0 aromatic heterocycles.